The van der Waals surface area contributed by atoms with E-state index in [1.54, 1.807) is 0 Å². The Bertz CT molecular complexity index is 705. The summed E-state index contributed by atoms with van der Waals surface area (Å²) in [4.78, 5) is 0. The monoisotopic (exact) mass is 319 g/mol. The van der Waals surface area contributed by atoms with Gasteiger partial charge >= 0.3 is 0 Å². The molecule has 2 unspecified atom stereocenters. The Balaban J connectivity index is 2.46. The van der Waals surface area contributed by atoms with Crippen LogP contribution >= 0.6 is 0 Å². The zero-order valence-corrected chi connectivity index (χ0v) is 14.4. The summed E-state index contributed by atoms with van der Waals surface area (Å²) in [6, 6.07) is 12.1. The van der Waals surface area contributed by atoms with Crippen LogP contribution in [-0.2, 0) is 0 Å². The molecular formula is C22H25NO. The molecular weight excluding hydrogens is 294 g/mol. The second-order valence-corrected chi connectivity index (χ2v) is 6.56. The molecule has 0 aliphatic heterocycles. The summed E-state index contributed by atoms with van der Waals surface area (Å²) >= 11 is 0. The maximum absolute atomic E-state index is 11.1. The van der Waals surface area contributed by atoms with Crippen LogP contribution in [0.4, 0.5) is 0 Å². The lowest BCUT2D eigenvalue weighted by molar-refractivity contribution is 0.0597. The molecule has 0 saturated carbocycles. The zero-order chi connectivity index (χ0) is 17.6. The number of hydrogen-bond donors (Lipinski definition) is 1. The van der Waals surface area contributed by atoms with E-state index in [4.69, 9.17) is 0 Å². The van der Waals surface area contributed by atoms with Crippen LogP contribution in [0.2, 0.25) is 0 Å². The van der Waals surface area contributed by atoms with Gasteiger partial charge in [0.05, 0.1) is 18.1 Å². The van der Waals surface area contributed by atoms with Crippen molar-refractivity contribution >= 4 is 0 Å². The second kappa shape index (κ2) is 7.95. The van der Waals surface area contributed by atoms with Crippen LogP contribution in [0.15, 0.2) is 78.4 Å². The van der Waals surface area contributed by atoms with Crippen LogP contribution in [0.3, 0.4) is 0 Å². The van der Waals surface area contributed by atoms with Crippen molar-refractivity contribution in [2.45, 2.75) is 38.7 Å². The predicted molar refractivity (Wildman–Crippen MR) is 99.3 cm³/mol. The summed E-state index contributed by atoms with van der Waals surface area (Å²) in [5, 5.41) is 21.0. The average Bonchev–Trinajstić information content (AvgIpc) is 3.10. The molecule has 0 bridgehead atoms. The molecule has 2 heteroatoms. The number of benzene rings is 1. The van der Waals surface area contributed by atoms with Crippen molar-refractivity contribution in [3.05, 3.63) is 84.0 Å². The summed E-state index contributed by atoms with van der Waals surface area (Å²) in [5.41, 5.74) is 2.07. The number of aliphatic hydroxyl groups excluding tert-OH is 1. The first-order valence-corrected chi connectivity index (χ1v) is 8.32. The molecule has 1 N–H and O–H groups in total. The van der Waals surface area contributed by atoms with Crippen LogP contribution in [0.5, 0.6) is 0 Å². The average molecular weight is 319 g/mol. The van der Waals surface area contributed by atoms with Gasteiger partial charge in [-0.3, -0.25) is 0 Å². The summed E-state index contributed by atoms with van der Waals surface area (Å²) in [6.07, 6.45) is 10.6. The van der Waals surface area contributed by atoms with E-state index in [-0.39, 0.29) is 0 Å². The van der Waals surface area contributed by atoms with E-state index in [0.29, 0.717) is 6.42 Å². The first-order valence-electron chi connectivity index (χ1n) is 8.32. The number of aliphatic hydroxyl groups is 1. The Morgan fingerprint density at radius 1 is 1.42 bits per heavy atom. The quantitative estimate of drug-likeness (QED) is 0.713. The Labute approximate surface area is 145 Å². The molecule has 0 amide bonds. The van der Waals surface area contributed by atoms with E-state index in [1.807, 2.05) is 74.6 Å². The highest BCUT2D eigenvalue weighted by molar-refractivity contribution is 5.37. The molecule has 1 aromatic rings. The molecule has 1 aliphatic carbocycles. The van der Waals surface area contributed by atoms with Gasteiger partial charge in [-0.2, -0.15) is 5.26 Å². The maximum atomic E-state index is 11.1. The highest BCUT2D eigenvalue weighted by Gasteiger charge is 2.43. The molecule has 1 aromatic carbocycles. The van der Waals surface area contributed by atoms with Crippen LogP contribution in [0.25, 0.3) is 0 Å². The lowest BCUT2D eigenvalue weighted by Crippen LogP contribution is -2.39. The van der Waals surface area contributed by atoms with Gasteiger partial charge in [-0.15, -0.1) is 0 Å². The van der Waals surface area contributed by atoms with E-state index in [2.05, 4.69) is 12.6 Å². The summed E-state index contributed by atoms with van der Waals surface area (Å²) < 4.78 is 0. The third-order valence-corrected chi connectivity index (χ3v) is 4.67. The fourth-order valence-corrected chi connectivity index (χ4v) is 3.45. The lowest BCUT2D eigenvalue weighted by atomic mass is 9.65. The van der Waals surface area contributed by atoms with Crippen molar-refractivity contribution < 1.29 is 5.11 Å². The minimum Gasteiger partial charge on any atom is -0.388 e. The maximum Gasteiger partial charge on any atom is 0.0859 e. The van der Waals surface area contributed by atoms with Crippen LogP contribution in [-0.4, -0.2) is 11.2 Å². The van der Waals surface area contributed by atoms with E-state index in [0.717, 1.165) is 23.1 Å². The summed E-state index contributed by atoms with van der Waals surface area (Å²) in [5.74, 6) is -0.425. The van der Waals surface area contributed by atoms with Gasteiger partial charge in [0.2, 0.25) is 0 Å². The van der Waals surface area contributed by atoms with Crippen molar-refractivity contribution in [1.29, 1.82) is 5.26 Å². The van der Waals surface area contributed by atoms with Gasteiger partial charge in [0.15, 0.2) is 0 Å². The van der Waals surface area contributed by atoms with E-state index in [9.17, 15) is 10.4 Å². The smallest absolute Gasteiger partial charge is 0.0859 e. The standard InChI is InChI=1S/C22H25NO/c1-4-10-17(2)15-22(3,21(24)19-13-8-9-14-19)20(16-23)18-11-6-5-7-12-18/h4-8,10-14,20-21,24H,2,9,15H2,1,3H3/b10-4-/t20-,21?,22?/m1/s1. The predicted octanol–water partition coefficient (Wildman–Crippen LogP) is 5.07. The Hall–Kier alpha value is -2.37. The topological polar surface area (TPSA) is 44.0 Å². The number of nitriles is 1. The molecule has 0 fully saturated rings. The summed E-state index contributed by atoms with van der Waals surface area (Å²) in [6.45, 7) is 8.03. The minimum absolute atomic E-state index is 0.425. The van der Waals surface area contributed by atoms with E-state index < -0.39 is 17.4 Å². The molecule has 2 nitrogen and oxygen atoms in total. The molecule has 1 aliphatic rings. The number of hydrogen-bond acceptors (Lipinski definition) is 2. The van der Waals surface area contributed by atoms with Crippen LogP contribution in [0.1, 0.15) is 38.2 Å². The Morgan fingerprint density at radius 2 is 2.12 bits per heavy atom. The van der Waals surface area contributed by atoms with Gasteiger partial charge < -0.3 is 5.11 Å². The number of nitrogens with zero attached hydrogens (tertiary/aromatic N) is 1. The first-order chi connectivity index (χ1) is 11.5. The molecule has 0 heterocycles. The molecule has 0 saturated heterocycles. The largest absolute Gasteiger partial charge is 0.388 e. The number of allylic oxidation sites excluding steroid dienone is 5. The molecule has 0 spiro atoms. The van der Waals surface area contributed by atoms with Gasteiger partial charge in [0, 0.05) is 5.41 Å². The SMILES string of the molecule is C=C(/C=C\C)CC(C)(C(O)C1=CCC=C1)[C@H](C#N)c1ccccc1. The fourth-order valence-electron chi connectivity index (χ4n) is 3.45. The molecule has 24 heavy (non-hydrogen) atoms. The second-order valence-electron chi connectivity index (χ2n) is 6.56. The van der Waals surface area contributed by atoms with E-state index >= 15 is 0 Å². The highest BCUT2D eigenvalue weighted by Crippen LogP contribution is 2.46. The normalized spacial score (nSPS) is 18.7. The lowest BCUT2D eigenvalue weighted by Gasteiger charge is -2.39. The third kappa shape index (κ3) is 3.75. The van der Waals surface area contributed by atoms with Crippen molar-refractivity contribution in [3.63, 3.8) is 0 Å². The van der Waals surface area contributed by atoms with Gasteiger partial charge in [-0.1, -0.05) is 79.8 Å². The minimum atomic E-state index is -0.719. The van der Waals surface area contributed by atoms with Crippen molar-refractivity contribution in [2.24, 2.45) is 5.41 Å². The van der Waals surface area contributed by atoms with Crippen LogP contribution < -0.4 is 0 Å². The zero-order valence-electron chi connectivity index (χ0n) is 14.4. The third-order valence-electron chi connectivity index (χ3n) is 4.67. The van der Waals surface area contributed by atoms with Gasteiger partial charge in [-0.25, -0.2) is 0 Å². The van der Waals surface area contributed by atoms with Gasteiger partial charge in [-0.05, 0) is 30.9 Å². The molecule has 3 atom stereocenters. The Morgan fingerprint density at radius 3 is 2.67 bits per heavy atom. The van der Waals surface area contributed by atoms with Gasteiger partial charge in [0.25, 0.3) is 0 Å². The fraction of sp³-hybridized carbons (Fsp3) is 0.318. The van der Waals surface area contributed by atoms with Crippen molar-refractivity contribution in [1.82, 2.24) is 0 Å². The molecule has 0 aromatic heterocycles. The van der Waals surface area contributed by atoms with E-state index in [1.165, 1.54) is 0 Å². The van der Waals surface area contributed by atoms with Crippen molar-refractivity contribution in [2.75, 3.05) is 0 Å². The Kier molecular flexibility index (Phi) is 5.95. The molecule has 2 rings (SSSR count). The van der Waals surface area contributed by atoms with Gasteiger partial charge in [0.1, 0.15) is 0 Å². The molecule has 124 valence electrons. The number of rotatable bonds is 7. The highest BCUT2D eigenvalue weighted by atomic mass is 16.3. The summed E-state index contributed by atoms with van der Waals surface area (Å²) in [7, 11) is 0. The molecule has 0 radical (unpaired) electrons. The first kappa shape index (κ1) is 18.0. The van der Waals surface area contributed by atoms with Crippen LogP contribution in [0, 0.1) is 16.7 Å². The van der Waals surface area contributed by atoms with Crippen molar-refractivity contribution in [3.8, 4) is 6.07 Å².